The van der Waals surface area contributed by atoms with Crippen molar-refractivity contribution in [2.24, 2.45) is 11.5 Å². The number of anilines is 1. The number of carbonyl (C=O) groups is 1. The van der Waals surface area contributed by atoms with E-state index in [1.165, 1.54) is 0 Å². The molecule has 0 bridgehead atoms. The van der Waals surface area contributed by atoms with Crippen LogP contribution in [0.25, 0.3) is 0 Å². The van der Waals surface area contributed by atoms with Gasteiger partial charge in [0.1, 0.15) is 6.04 Å². The summed E-state index contributed by atoms with van der Waals surface area (Å²) in [5.74, 6) is -0.220. The second-order valence-corrected chi connectivity index (χ2v) is 5.61. The van der Waals surface area contributed by atoms with Crippen LogP contribution in [-0.2, 0) is 10.3 Å². The zero-order chi connectivity index (χ0) is 14.9. The Kier molecular flexibility index (Phi) is 3.49. The highest BCUT2D eigenvalue weighted by Gasteiger charge is 2.39. The van der Waals surface area contributed by atoms with Gasteiger partial charge in [0.05, 0.1) is 0 Å². The Morgan fingerprint density at radius 2 is 1.67 bits per heavy atom. The van der Waals surface area contributed by atoms with Gasteiger partial charge in [0.15, 0.2) is 0 Å². The molecular weight excluding hydrogens is 262 g/mol. The molecule has 1 amide bonds. The minimum atomic E-state index is -0.671. The molecule has 1 fully saturated rings. The molecule has 4 heteroatoms. The van der Waals surface area contributed by atoms with Crippen LogP contribution < -0.4 is 16.8 Å². The van der Waals surface area contributed by atoms with Gasteiger partial charge in [0.2, 0.25) is 5.91 Å². The normalized spacial score (nSPS) is 17.0. The van der Waals surface area contributed by atoms with Crippen LogP contribution in [0.5, 0.6) is 0 Å². The molecule has 3 rings (SSSR count). The number of rotatable bonds is 4. The Balaban J connectivity index is 1.67. The maximum Gasteiger partial charge on any atom is 0.245 e. The Morgan fingerprint density at radius 1 is 1.05 bits per heavy atom. The van der Waals surface area contributed by atoms with Crippen molar-refractivity contribution in [2.75, 3.05) is 5.32 Å². The lowest BCUT2D eigenvalue weighted by molar-refractivity contribution is -0.117. The first-order valence-electron chi connectivity index (χ1n) is 7.09. The molecule has 1 atom stereocenters. The summed E-state index contributed by atoms with van der Waals surface area (Å²) in [5.41, 5.74) is 14.6. The highest BCUT2D eigenvalue weighted by atomic mass is 16.2. The molecule has 0 saturated heterocycles. The van der Waals surface area contributed by atoms with E-state index in [0.29, 0.717) is 0 Å². The predicted octanol–water partition coefficient (Wildman–Crippen LogP) is 2.27. The largest absolute Gasteiger partial charge is 0.324 e. The summed E-state index contributed by atoms with van der Waals surface area (Å²) in [6.07, 6.45) is 2.05. The van der Waals surface area contributed by atoms with Gasteiger partial charge in [-0.15, -0.1) is 0 Å². The second-order valence-electron chi connectivity index (χ2n) is 5.61. The fourth-order valence-corrected chi connectivity index (χ4v) is 2.34. The maximum absolute atomic E-state index is 12.1. The molecule has 0 aromatic heterocycles. The Morgan fingerprint density at radius 3 is 2.24 bits per heavy atom. The third-order valence-electron chi connectivity index (χ3n) is 3.96. The lowest BCUT2D eigenvalue weighted by Gasteiger charge is -2.14. The molecule has 1 aliphatic rings. The van der Waals surface area contributed by atoms with E-state index in [9.17, 15) is 4.79 Å². The Labute approximate surface area is 124 Å². The average Bonchev–Trinajstić information content (AvgIpc) is 3.27. The fraction of sp³-hybridized carbons (Fsp3) is 0.235. The lowest BCUT2D eigenvalue weighted by atomic mass is 10.0. The van der Waals surface area contributed by atoms with Gasteiger partial charge in [-0.3, -0.25) is 4.79 Å². The third-order valence-corrected chi connectivity index (χ3v) is 3.96. The van der Waals surface area contributed by atoms with E-state index in [-0.39, 0.29) is 11.4 Å². The van der Waals surface area contributed by atoms with Crippen molar-refractivity contribution >= 4 is 11.6 Å². The SMILES string of the molecule is NC(C(=O)Nc1ccc(C2(N)CC2)cc1)c1ccccc1. The van der Waals surface area contributed by atoms with Crippen molar-refractivity contribution < 1.29 is 4.79 Å². The zero-order valence-corrected chi connectivity index (χ0v) is 11.8. The number of hydrogen-bond donors (Lipinski definition) is 3. The monoisotopic (exact) mass is 281 g/mol. The molecule has 2 aromatic carbocycles. The number of carbonyl (C=O) groups excluding carboxylic acids is 1. The lowest BCUT2D eigenvalue weighted by Crippen LogP contribution is -2.27. The number of nitrogens with one attached hydrogen (secondary N) is 1. The van der Waals surface area contributed by atoms with Gasteiger partial charge in [-0.25, -0.2) is 0 Å². The van der Waals surface area contributed by atoms with Crippen LogP contribution in [0.3, 0.4) is 0 Å². The van der Waals surface area contributed by atoms with E-state index in [4.69, 9.17) is 11.5 Å². The molecule has 2 aromatic rings. The smallest absolute Gasteiger partial charge is 0.245 e. The molecule has 1 aliphatic carbocycles. The molecule has 0 heterocycles. The molecule has 1 saturated carbocycles. The van der Waals surface area contributed by atoms with Gasteiger partial charge in [0.25, 0.3) is 0 Å². The van der Waals surface area contributed by atoms with Crippen molar-refractivity contribution in [2.45, 2.75) is 24.4 Å². The molecule has 0 radical (unpaired) electrons. The number of nitrogens with two attached hydrogens (primary N) is 2. The minimum Gasteiger partial charge on any atom is -0.324 e. The summed E-state index contributed by atoms with van der Waals surface area (Å²) in [6.45, 7) is 0. The first kappa shape index (κ1) is 13.8. The highest BCUT2D eigenvalue weighted by Crippen LogP contribution is 2.42. The van der Waals surface area contributed by atoms with E-state index in [2.05, 4.69) is 5.32 Å². The fourth-order valence-electron chi connectivity index (χ4n) is 2.34. The van der Waals surface area contributed by atoms with E-state index in [0.717, 1.165) is 29.7 Å². The molecule has 1 unspecified atom stereocenters. The zero-order valence-electron chi connectivity index (χ0n) is 11.8. The maximum atomic E-state index is 12.1. The van der Waals surface area contributed by atoms with Crippen LogP contribution in [0.1, 0.15) is 30.0 Å². The van der Waals surface area contributed by atoms with Crippen LogP contribution in [0.15, 0.2) is 54.6 Å². The van der Waals surface area contributed by atoms with Gasteiger partial charge in [-0.2, -0.15) is 0 Å². The summed E-state index contributed by atoms with van der Waals surface area (Å²) >= 11 is 0. The van der Waals surface area contributed by atoms with Crippen molar-refractivity contribution in [3.63, 3.8) is 0 Å². The molecule has 4 nitrogen and oxygen atoms in total. The average molecular weight is 281 g/mol. The first-order valence-corrected chi connectivity index (χ1v) is 7.09. The van der Waals surface area contributed by atoms with Crippen LogP contribution in [0.2, 0.25) is 0 Å². The molecule has 5 N–H and O–H groups in total. The molecular formula is C17H19N3O. The summed E-state index contributed by atoms with van der Waals surface area (Å²) in [4.78, 5) is 12.1. The van der Waals surface area contributed by atoms with Crippen molar-refractivity contribution in [1.29, 1.82) is 0 Å². The summed E-state index contributed by atoms with van der Waals surface area (Å²) in [7, 11) is 0. The quantitative estimate of drug-likeness (QED) is 0.804. The summed E-state index contributed by atoms with van der Waals surface area (Å²) in [5, 5.41) is 2.83. The minimum absolute atomic E-state index is 0.150. The van der Waals surface area contributed by atoms with Crippen molar-refractivity contribution in [1.82, 2.24) is 0 Å². The third kappa shape index (κ3) is 2.96. The van der Waals surface area contributed by atoms with Gasteiger partial charge >= 0.3 is 0 Å². The van der Waals surface area contributed by atoms with Crippen molar-refractivity contribution in [3.05, 3.63) is 65.7 Å². The number of benzene rings is 2. The Hall–Kier alpha value is -2.17. The van der Waals surface area contributed by atoms with Gasteiger partial charge in [-0.05, 0) is 36.1 Å². The van der Waals surface area contributed by atoms with Crippen molar-refractivity contribution in [3.8, 4) is 0 Å². The van der Waals surface area contributed by atoms with Crippen LogP contribution in [-0.4, -0.2) is 5.91 Å². The van der Waals surface area contributed by atoms with Crippen LogP contribution in [0.4, 0.5) is 5.69 Å². The standard InChI is InChI=1S/C17H19N3O/c18-15(12-4-2-1-3-5-12)16(21)20-14-8-6-13(7-9-14)17(19)10-11-17/h1-9,15H,10-11,18-19H2,(H,20,21). The predicted molar refractivity (Wildman–Crippen MR) is 83.5 cm³/mol. The topological polar surface area (TPSA) is 81.1 Å². The number of hydrogen-bond acceptors (Lipinski definition) is 3. The van der Waals surface area contributed by atoms with Gasteiger partial charge < -0.3 is 16.8 Å². The second kappa shape index (κ2) is 5.31. The van der Waals surface area contributed by atoms with E-state index in [1.807, 2.05) is 54.6 Å². The van der Waals surface area contributed by atoms with E-state index < -0.39 is 6.04 Å². The van der Waals surface area contributed by atoms with E-state index in [1.54, 1.807) is 0 Å². The summed E-state index contributed by atoms with van der Waals surface area (Å²) in [6, 6.07) is 16.3. The first-order chi connectivity index (χ1) is 10.1. The highest BCUT2D eigenvalue weighted by molar-refractivity contribution is 5.95. The van der Waals surface area contributed by atoms with Gasteiger partial charge in [0, 0.05) is 11.2 Å². The molecule has 21 heavy (non-hydrogen) atoms. The molecule has 0 spiro atoms. The van der Waals surface area contributed by atoms with E-state index >= 15 is 0 Å². The number of amides is 1. The van der Waals surface area contributed by atoms with Gasteiger partial charge in [-0.1, -0.05) is 42.5 Å². The van der Waals surface area contributed by atoms with Crippen LogP contribution in [0, 0.1) is 0 Å². The molecule has 108 valence electrons. The Bertz CT molecular complexity index is 633. The molecule has 0 aliphatic heterocycles. The summed E-state index contributed by atoms with van der Waals surface area (Å²) < 4.78 is 0. The van der Waals surface area contributed by atoms with Crippen LogP contribution >= 0.6 is 0 Å².